The molecule has 2 unspecified atom stereocenters. The van der Waals surface area contributed by atoms with Crippen LogP contribution in [0.3, 0.4) is 0 Å². The number of aromatic nitrogens is 2. The van der Waals surface area contributed by atoms with Crippen LogP contribution in [0.2, 0.25) is 0 Å². The summed E-state index contributed by atoms with van der Waals surface area (Å²) in [5, 5.41) is 9.16. The van der Waals surface area contributed by atoms with Crippen LogP contribution < -0.4 is 16.6 Å². The lowest BCUT2D eigenvalue weighted by Crippen LogP contribution is -2.43. The molecule has 0 aliphatic carbocycles. The van der Waals surface area contributed by atoms with Crippen LogP contribution in [0.15, 0.2) is 70.4 Å². The molecule has 53 heavy (non-hydrogen) atoms. The molecule has 0 radical (unpaired) electrons. The lowest BCUT2D eigenvalue weighted by Gasteiger charge is -2.38. The number of nitrogens with zero attached hydrogens (tertiary/aromatic N) is 3. The van der Waals surface area contributed by atoms with E-state index in [-0.39, 0.29) is 49.9 Å². The number of aromatic amines is 1. The number of rotatable bonds is 12. The molecule has 12 nitrogen and oxygen atoms in total. The van der Waals surface area contributed by atoms with Crippen molar-refractivity contribution in [1.29, 1.82) is 0 Å². The van der Waals surface area contributed by atoms with Crippen molar-refractivity contribution in [2.45, 2.75) is 77.2 Å². The summed E-state index contributed by atoms with van der Waals surface area (Å²) in [6, 6.07) is 18.3. The van der Waals surface area contributed by atoms with Gasteiger partial charge in [0.15, 0.2) is 6.23 Å². The molecule has 13 heteroatoms. The Bertz CT molecular complexity index is 2370. The van der Waals surface area contributed by atoms with Gasteiger partial charge in [-0.3, -0.25) is 19.1 Å². The van der Waals surface area contributed by atoms with E-state index in [9.17, 15) is 14.4 Å². The van der Waals surface area contributed by atoms with Crippen molar-refractivity contribution in [3.05, 3.63) is 104 Å². The fourth-order valence-corrected chi connectivity index (χ4v) is 9.35. The Hall–Kier alpha value is -4.65. The molecule has 2 fully saturated rings. The van der Waals surface area contributed by atoms with E-state index in [1.807, 2.05) is 37.3 Å². The van der Waals surface area contributed by atoms with E-state index < -0.39 is 43.8 Å². The first-order chi connectivity index (χ1) is 25.6. The topological polar surface area (TPSA) is 128 Å². The van der Waals surface area contributed by atoms with Crippen molar-refractivity contribution < 1.29 is 23.3 Å². The summed E-state index contributed by atoms with van der Waals surface area (Å²) in [6.45, 7) is 18.1. The number of ether oxygens (including phenoxy) is 2. The van der Waals surface area contributed by atoms with Gasteiger partial charge in [0.2, 0.25) is 6.54 Å². The molecular weight excluding hydrogens is 693 g/mol. The average Bonchev–Trinajstić information content (AvgIpc) is 3.64. The number of hydrogen-bond acceptors (Lipinski definition) is 8. The molecule has 2 saturated heterocycles. The molecule has 2 aliphatic heterocycles. The van der Waals surface area contributed by atoms with Crippen LogP contribution in [-0.2, 0) is 18.5 Å². The van der Waals surface area contributed by atoms with Crippen molar-refractivity contribution >= 4 is 46.8 Å². The van der Waals surface area contributed by atoms with Crippen LogP contribution in [0.1, 0.15) is 63.2 Å². The van der Waals surface area contributed by atoms with E-state index in [1.54, 1.807) is 0 Å². The highest BCUT2D eigenvalue weighted by molar-refractivity contribution is 7.44. The van der Waals surface area contributed by atoms with Gasteiger partial charge >= 0.3 is 5.69 Å². The first-order valence-corrected chi connectivity index (χ1v) is 19.0. The number of nitrogens with one attached hydrogen (secondary N) is 2. The number of H-pyrrole nitrogens is 1. The van der Waals surface area contributed by atoms with Crippen molar-refractivity contribution in [1.82, 2.24) is 19.5 Å². The molecule has 0 spiro atoms. The van der Waals surface area contributed by atoms with Gasteiger partial charge in [-0.25, -0.2) is 16.0 Å². The standard InChI is InChI=1S/C40H42N5O7P/c1-7-40-23-49-34(35(40)52-53(50-21-20-41-6)45(24(2)3)25(4)5)38(51-40)44-22-29(36(46)43-39(44)48)12-9-19-42-37(47)31-18-16-28-14-13-26-10-8-11-27-15-17-30(31)33(28)32(26)27/h8,10-11,13-18,22,24-25,34-35,38H,7,19-21,23H2,1-5H3,(H,42,47)(H,43,46,48)/t34-,35?,38+,40-,53?/m0/s1. The number of amides is 1. The SMILES string of the molecule is [C-]#[N+]CCOP(OC1[C@@H]2OC[C@]1(CC)O[C@H]2n1cc(C#CCNC(=O)c2ccc3ccc4cccc5ccc2c3c45)c(=O)[nH]c1=O)N(C(C)C)C(C)C. The van der Waals surface area contributed by atoms with E-state index in [0.29, 0.717) is 12.0 Å². The summed E-state index contributed by atoms with van der Waals surface area (Å²) in [5.74, 6) is 5.41. The quantitative estimate of drug-likeness (QED) is 0.0529. The zero-order chi connectivity index (χ0) is 37.4. The third kappa shape index (κ3) is 6.72. The van der Waals surface area contributed by atoms with Gasteiger partial charge in [-0.05, 0) is 72.5 Å². The minimum Gasteiger partial charge on any atom is -0.368 e. The first-order valence-electron chi connectivity index (χ1n) is 17.9. The van der Waals surface area contributed by atoms with E-state index in [1.165, 1.54) is 10.8 Å². The van der Waals surface area contributed by atoms with Gasteiger partial charge in [0.1, 0.15) is 30.0 Å². The van der Waals surface area contributed by atoms with Crippen molar-refractivity contribution in [3.63, 3.8) is 0 Å². The minimum absolute atomic E-state index is 0.0286. The lowest BCUT2D eigenvalue weighted by molar-refractivity contribution is -0.175. The number of carbonyl (C=O) groups excluding carboxylic acids is 1. The number of hydrogen-bond donors (Lipinski definition) is 2. The molecule has 1 amide bonds. The number of fused-ring (bicyclic) bond motifs is 2. The molecule has 274 valence electrons. The third-order valence-corrected chi connectivity index (χ3v) is 12.1. The molecule has 7 rings (SSSR count). The van der Waals surface area contributed by atoms with Gasteiger partial charge < -0.3 is 28.7 Å². The highest BCUT2D eigenvalue weighted by Crippen LogP contribution is 2.55. The molecule has 5 atom stereocenters. The molecular formula is C40H42N5O7P. The van der Waals surface area contributed by atoms with Gasteiger partial charge in [-0.15, -0.1) is 0 Å². The zero-order valence-corrected chi connectivity index (χ0v) is 31.2. The third-order valence-electron chi connectivity index (χ3n) is 10.0. The predicted molar refractivity (Wildman–Crippen MR) is 205 cm³/mol. The van der Waals surface area contributed by atoms with E-state index in [0.717, 1.165) is 32.3 Å². The molecule has 0 saturated carbocycles. The summed E-state index contributed by atoms with van der Waals surface area (Å²) < 4.78 is 29.1. The van der Waals surface area contributed by atoms with Crippen LogP contribution in [-0.4, -0.2) is 76.3 Å². The monoisotopic (exact) mass is 735 g/mol. The maximum absolute atomic E-state index is 13.4. The van der Waals surface area contributed by atoms with Crippen LogP contribution >= 0.6 is 8.53 Å². The van der Waals surface area contributed by atoms with Gasteiger partial charge in [-0.2, -0.15) is 0 Å². The van der Waals surface area contributed by atoms with Crippen molar-refractivity contribution in [2.24, 2.45) is 0 Å². The molecule has 5 aromatic rings. The smallest absolute Gasteiger partial charge is 0.330 e. The fraction of sp³-hybridized carbons (Fsp3) is 0.400. The maximum atomic E-state index is 13.4. The lowest BCUT2D eigenvalue weighted by atomic mass is 9.92. The zero-order valence-electron chi connectivity index (χ0n) is 30.3. The Morgan fingerprint density at radius 1 is 1.09 bits per heavy atom. The molecule has 2 bridgehead atoms. The fourth-order valence-electron chi connectivity index (χ4n) is 7.55. The Morgan fingerprint density at radius 3 is 2.49 bits per heavy atom. The summed E-state index contributed by atoms with van der Waals surface area (Å²) in [5.41, 5.74) is -1.62. The molecule has 2 aliphatic rings. The predicted octanol–water partition coefficient (Wildman–Crippen LogP) is 5.96. The van der Waals surface area contributed by atoms with Gasteiger partial charge in [0.25, 0.3) is 20.0 Å². The Labute approximate surface area is 308 Å². The van der Waals surface area contributed by atoms with Gasteiger partial charge in [-0.1, -0.05) is 67.3 Å². The van der Waals surface area contributed by atoms with E-state index >= 15 is 0 Å². The highest BCUT2D eigenvalue weighted by atomic mass is 31.2. The molecule has 4 aromatic carbocycles. The Kier molecular flexibility index (Phi) is 10.4. The molecule has 2 N–H and O–H groups in total. The van der Waals surface area contributed by atoms with Gasteiger partial charge in [0, 0.05) is 23.8 Å². The van der Waals surface area contributed by atoms with Gasteiger partial charge in [0.05, 0.1) is 13.2 Å². The second kappa shape index (κ2) is 15.0. The summed E-state index contributed by atoms with van der Waals surface area (Å²) in [7, 11) is -1.61. The largest absolute Gasteiger partial charge is 0.368 e. The van der Waals surface area contributed by atoms with Crippen LogP contribution in [0.4, 0.5) is 0 Å². The molecule has 3 heterocycles. The van der Waals surface area contributed by atoms with Crippen LogP contribution in [0.5, 0.6) is 0 Å². The Morgan fingerprint density at radius 2 is 1.79 bits per heavy atom. The maximum Gasteiger partial charge on any atom is 0.330 e. The normalized spacial score (nSPS) is 21.5. The highest BCUT2D eigenvalue weighted by Gasteiger charge is 2.63. The summed E-state index contributed by atoms with van der Waals surface area (Å²) >= 11 is 0. The van der Waals surface area contributed by atoms with E-state index in [4.69, 9.17) is 25.1 Å². The molecule has 1 aromatic heterocycles. The number of benzene rings is 4. The Balaban J connectivity index is 1.10. The second-order valence-electron chi connectivity index (χ2n) is 13.9. The van der Waals surface area contributed by atoms with E-state index in [2.05, 4.69) is 83.6 Å². The summed E-state index contributed by atoms with van der Waals surface area (Å²) in [4.78, 5) is 45.3. The average molecular weight is 736 g/mol. The second-order valence-corrected chi connectivity index (χ2v) is 15.3. The van der Waals surface area contributed by atoms with Crippen LogP contribution in [0.25, 0.3) is 37.2 Å². The van der Waals surface area contributed by atoms with Crippen molar-refractivity contribution in [2.75, 3.05) is 26.3 Å². The number of carbonyl (C=O) groups is 1. The first kappa shape index (κ1) is 36.7. The summed E-state index contributed by atoms with van der Waals surface area (Å²) in [6.07, 6.45) is -0.259. The minimum atomic E-state index is -1.61. The van der Waals surface area contributed by atoms with Crippen molar-refractivity contribution in [3.8, 4) is 11.8 Å². The van der Waals surface area contributed by atoms with Crippen LogP contribution in [0, 0.1) is 18.4 Å².